The van der Waals surface area contributed by atoms with Gasteiger partial charge in [0.05, 0.1) is 23.1 Å². The van der Waals surface area contributed by atoms with Crippen molar-refractivity contribution in [2.24, 2.45) is 0 Å². The Balaban J connectivity index is 1.49. The summed E-state index contributed by atoms with van der Waals surface area (Å²) in [5.74, 6) is -0.613. The average Bonchev–Trinajstić information content (AvgIpc) is 3.42. The summed E-state index contributed by atoms with van der Waals surface area (Å²) in [5.41, 5.74) is 6.60. The van der Waals surface area contributed by atoms with Gasteiger partial charge in [-0.1, -0.05) is 6.08 Å². The number of hydrogen-bond donors (Lipinski definition) is 4. The van der Waals surface area contributed by atoms with Gasteiger partial charge in [0.25, 0.3) is 0 Å². The lowest BCUT2D eigenvalue weighted by Crippen LogP contribution is -2.20. The average molecular weight is 426 g/mol. The van der Waals surface area contributed by atoms with Gasteiger partial charge in [0, 0.05) is 29.6 Å². The smallest absolute Gasteiger partial charge is 0.138 e. The summed E-state index contributed by atoms with van der Waals surface area (Å²) in [6, 6.07) is 9.86. The van der Waals surface area contributed by atoms with E-state index in [4.69, 9.17) is 0 Å². The second-order valence-corrected chi connectivity index (χ2v) is 7.87. The number of aromatic hydroxyl groups is 1. The van der Waals surface area contributed by atoms with E-state index in [1.54, 1.807) is 12.3 Å². The fourth-order valence-corrected chi connectivity index (χ4v) is 4.29. The molecule has 0 aliphatic carbocycles. The molecule has 0 bridgehead atoms. The van der Waals surface area contributed by atoms with Gasteiger partial charge in [0.15, 0.2) is 0 Å². The number of nitrogens with zero attached hydrogens (tertiary/aromatic N) is 3. The van der Waals surface area contributed by atoms with E-state index in [9.17, 15) is 9.50 Å². The number of H-pyrrole nitrogens is 2. The van der Waals surface area contributed by atoms with Crippen LogP contribution < -0.4 is 5.32 Å². The van der Waals surface area contributed by atoms with Crippen molar-refractivity contribution < 1.29 is 9.50 Å². The first-order chi connectivity index (χ1) is 15.7. The molecule has 0 radical (unpaired) electrons. The number of phenolic OH excluding ortho intramolecular Hbond substituents is 1. The van der Waals surface area contributed by atoms with E-state index in [0.717, 1.165) is 64.5 Å². The molecule has 0 saturated carbocycles. The molecule has 4 aromatic heterocycles. The topological polar surface area (TPSA) is 103 Å². The monoisotopic (exact) mass is 426 g/mol. The number of halogens is 1. The molecule has 0 saturated heterocycles. The summed E-state index contributed by atoms with van der Waals surface area (Å²) in [6.07, 6.45) is 6.58. The van der Waals surface area contributed by atoms with E-state index in [1.165, 1.54) is 11.6 Å². The third-order valence-electron chi connectivity index (χ3n) is 5.82. The zero-order valence-electron chi connectivity index (χ0n) is 17.0. The largest absolute Gasteiger partial charge is 0.508 e. The highest BCUT2D eigenvalue weighted by atomic mass is 19.1. The molecule has 0 fully saturated rings. The molecule has 0 amide bonds. The van der Waals surface area contributed by atoms with Crippen LogP contribution in [0.4, 0.5) is 4.39 Å². The number of rotatable bonds is 3. The first kappa shape index (κ1) is 18.7. The first-order valence-corrected chi connectivity index (χ1v) is 10.4. The fourth-order valence-electron chi connectivity index (χ4n) is 4.29. The molecule has 32 heavy (non-hydrogen) atoms. The third-order valence-corrected chi connectivity index (χ3v) is 5.82. The predicted molar refractivity (Wildman–Crippen MR) is 121 cm³/mol. The van der Waals surface area contributed by atoms with Crippen molar-refractivity contribution in [2.75, 3.05) is 13.1 Å². The molecule has 1 aromatic carbocycles. The Morgan fingerprint density at radius 3 is 2.81 bits per heavy atom. The minimum atomic E-state index is -0.494. The fraction of sp³-hybridized carbons (Fsp3) is 0.125. The highest BCUT2D eigenvalue weighted by molar-refractivity contribution is 6.00. The molecule has 4 N–H and O–H groups in total. The Hall–Kier alpha value is -4.04. The number of phenols is 1. The van der Waals surface area contributed by atoms with Crippen LogP contribution in [0.1, 0.15) is 12.1 Å². The molecular weight excluding hydrogens is 407 g/mol. The van der Waals surface area contributed by atoms with Gasteiger partial charge in [0.2, 0.25) is 0 Å². The van der Waals surface area contributed by atoms with Crippen molar-refractivity contribution in [3.63, 3.8) is 0 Å². The number of pyridine rings is 2. The van der Waals surface area contributed by atoms with Crippen LogP contribution in [0.25, 0.3) is 50.0 Å². The zero-order chi connectivity index (χ0) is 21.7. The Labute approximate surface area is 182 Å². The number of hydrogen-bond acceptors (Lipinski definition) is 5. The lowest BCUT2D eigenvalue weighted by atomic mass is 10.0. The maximum atomic E-state index is 13.9. The Morgan fingerprint density at radius 2 is 1.97 bits per heavy atom. The van der Waals surface area contributed by atoms with E-state index in [2.05, 4.69) is 42.6 Å². The Bertz CT molecular complexity index is 1500. The number of benzene rings is 1. The highest BCUT2D eigenvalue weighted by Crippen LogP contribution is 2.35. The molecule has 1 aliphatic heterocycles. The molecular formula is C24H19FN6O. The van der Waals surface area contributed by atoms with Crippen LogP contribution in [-0.4, -0.2) is 43.3 Å². The Kier molecular flexibility index (Phi) is 4.26. The van der Waals surface area contributed by atoms with Crippen LogP contribution in [0.5, 0.6) is 5.75 Å². The van der Waals surface area contributed by atoms with E-state index in [-0.39, 0.29) is 5.75 Å². The van der Waals surface area contributed by atoms with Crippen molar-refractivity contribution in [3.05, 3.63) is 66.4 Å². The van der Waals surface area contributed by atoms with Crippen LogP contribution >= 0.6 is 0 Å². The van der Waals surface area contributed by atoms with Crippen molar-refractivity contribution in [3.8, 4) is 28.3 Å². The first-order valence-electron chi connectivity index (χ1n) is 10.4. The molecule has 5 heterocycles. The SMILES string of the molecule is Oc1cc(F)cc(-c2ccnc3[nH]c(-c4n[nH]c5cnc(C6=CCNCC6)cc45)cc23)c1. The zero-order valence-corrected chi connectivity index (χ0v) is 17.0. The van der Waals surface area contributed by atoms with E-state index in [0.29, 0.717) is 11.2 Å². The summed E-state index contributed by atoms with van der Waals surface area (Å²) < 4.78 is 13.9. The van der Waals surface area contributed by atoms with Gasteiger partial charge < -0.3 is 15.4 Å². The van der Waals surface area contributed by atoms with Crippen LogP contribution in [0.3, 0.4) is 0 Å². The molecule has 0 unspecified atom stereocenters. The molecule has 1 aliphatic rings. The molecule has 6 rings (SSSR count). The molecule has 0 atom stereocenters. The predicted octanol–water partition coefficient (Wildman–Crippen LogP) is 4.39. The maximum absolute atomic E-state index is 13.9. The molecule has 7 nitrogen and oxygen atoms in total. The molecule has 5 aromatic rings. The summed E-state index contributed by atoms with van der Waals surface area (Å²) in [5, 5.41) is 22.5. The third kappa shape index (κ3) is 3.12. The van der Waals surface area contributed by atoms with Gasteiger partial charge in [-0.15, -0.1) is 0 Å². The lowest BCUT2D eigenvalue weighted by molar-refractivity contribution is 0.469. The van der Waals surface area contributed by atoms with Crippen molar-refractivity contribution in [2.45, 2.75) is 6.42 Å². The number of aromatic amines is 2. The second kappa shape index (κ2) is 7.28. The standard InChI is InChI=1S/C24H19FN6O/c25-15-7-14(8-16(32)9-15)17-3-6-27-24-18(17)10-21(29-24)23-19-11-20(13-1-4-26-5-2-13)28-12-22(19)30-31-23/h1,3,6-12,26,32H,2,4-5H2,(H,27,29)(H,30,31). The number of nitrogens with one attached hydrogen (secondary N) is 3. The van der Waals surface area contributed by atoms with Gasteiger partial charge in [-0.05, 0) is 60.0 Å². The van der Waals surface area contributed by atoms with Crippen molar-refractivity contribution in [1.29, 1.82) is 0 Å². The van der Waals surface area contributed by atoms with E-state index < -0.39 is 5.82 Å². The molecule has 0 spiro atoms. The van der Waals surface area contributed by atoms with Gasteiger partial charge in [-0.3, -0.25) is 10.1 Å². The number of aromatic nitrogens is 5. The quantitative estimate of drug-likeness (QED) is 0.343. The minimum absolute atomic E-state index is 0.119. The lowest BCUT2D eigenvalue weighted by Gasteiger charge is -2.13. The Morgan fingerprint density at radius 1 is 1.03 bits per heavy atom. The van der Waals surface area contributed by atoms with Crippen molar-refractivity contribution >= 4 is 27.5 Å². The second-order valence-electron chi connectivity index (χ2n) is 7.87. The van der Waals surface area contributed by atoms with E-state index >= 15 is 0 Å². The van der Waals surface area contributed by atoms with Crippen LogP contribution in [-0.2, 0) is 0 Å². The summed E-state index contributed by atoms with van der Waals surface area (Å²) >= 11 is 0. The van der Waals surface area contributed by atoms with E-state index in [1.807, 2.05) is 18.3 Å². The van der Waals surface area contributed by atoms with Gasteiger partial charge in [-0.2, -0.15) is 5.10 Å². The van der Waals surface area contributed by atoms with Gasteiger partial charge in [-0.25, -0.2) is 9.37 Å². The van der Waals surface area contributed by atoms with Gasteiger partial charge in [0.1, 0.15) is 22.9 Å². The van der Waals surface area contributed by atoms with Gasteiger partial charge >= 0.3 is 0 Å². The summed E-state index contributed by atoms with van der Waals surface area (Å²) in [6.45, 7) is 1.79. The summed E-state index contributed by atoms with van der Waals surface area (Å²) in [4.78, 5) is 12.4. The van der Waals surface area contributed by atoms with Crippen molar-refractivity contribution in [1.82, 2.24) is 30.5 Å². The van der Waals surface area contributed by atoms with Crippen LogP contribution in [0.15, 0.2) is 54.9 Å². The molecule has 158 valence electrons. The summed E-state index contributed by atoms with van der Waals surface area (Å²) in [7, 11) is 0. The normalized spacial score (nSPS) is 14.2. The highest BCUT2D eigenvalue weighted by Gasteiger charge is 2.16. The molecule has 8 heteroatoms. The minimum Gasteiger partial charge on any atom is -0.508 e. The maximum Gasteiger partial charge on any atom is 0.138 e. The van der Waals surface area contributed by atoms with Crippen LogP contribution in [0, 0.1) is 5.82 Å². The number of fused-ring (bicyclic) bond motifs is 2. The van der Waals surface area contributed by atoms with Crippen LogP contribution in [0.2, 0.25) is 0 Å².